The van der Waals surface area contributed by atoms with Crippen molar-refractivity contribution >= 4 is 22.7 Å². The Morgan fingerprint density at radius 2 is 1.71 bits per heavy atom. The van der Waals surface area contributed by atoms with E-state index in [9.17, 15) is 10.5 Å². The summed E-state index contributed by atoms with van der Waals surface area (Å²) >= 11 is 0. The molecule has 6 heteroatoms. The van der Waals surface area contributed by atoms with Crippen molar-refractivity contribution in [3.05, 3.63) is 71.5 Å². The van der Waals surface area contributed by atoms with Crippen LogP contribution in [-0.2, 0) is 6.42 Å². The maximum Gasteiger partial charge on any atom is 0.229 e. The summed E-state index contributed by atoms with van der Waals surface area (Å²) < 4.78 is 2.33. The molecule has 0 aliphatic heterocycles. The molecule has 5 rings (SSSR count). The Balaban J connectivity index is 1.58. The van der Waals surface area contributed by atoms with Crippen LogP contribution in [0.4, 0.5) is 11.6 Å². The Labute approximate surface area is 199 Å². The highest BCUT2D eigenvalue weighted by molar-refractivity contribution is 5.94. The maximum atomic E-state index is 9.29. The fourth-order valence-corrected chi connectivity index (χ4v) is 4.84. The first-order valence-electron chi connectivity index (χ1n) is 11.9. The summed E-state index contributed by atoms with van der Waals surface area (Å²) in [5, 5.41) is 22.8. The third-order valence-electron chi connectivity index (χ3n) is 6.66. The molecule has 2 aromatic heterocycles. The molecule has 0 bridgehead atoms. The minimum Gasteiger partial charge on any atom is -0.329 e. The first-order chi connectivity index (χ1) is 16.7. The number of benzene rings is 2. The molecule has 1 N–H and O–H groups in total. The van der Waals surface area contributed by atoms with Crippen LogP contribution in [0.3, 0.4) is 0 Å². The van der Waals surface area contributed by atoms with Gasteiger partial charge in [-0.15, -0.1) is 0 Å². The minimum absolute atomic E-state index is 0.422. The molecule has 4 aromatic rings. The van der Waals surface area contributed by atoms with Crippen molar-refractivity contribution in [2.75, 3.05) is 5.32 Å². The second-order valence-electron chi connectivity index (χ2n) is 8.87. The van der Waals surface area contributed by atoms with Gasteiger partial charge in [0, 0.05) is 35.1 Å². The number of rotatable bonds is 5. The van der Waals surface area contributed by atoms with Crippen molar-refractivity contribution < 1.29 is 0 Å². The lowest BCUT2D eigenvalue weighted by atomic mass is 9.95. The number of nitrogens with zero attached hydrogens (tertiary/aromatic N) is 5. The van der Waals surface area contributed by atoms with Gasteiger partial charge >= 0.3 is 0 Å². The Morgan fingerprint density at radius 1 is 1.00 bits per heavy atom. The zero-order valence-electron chi connectivity index (χ0n) is 19.3. The van der Waals surface area contributed by atoms with E-state index in [2.05, 4.69) is 64.4 Å². The normalized spacial score (nSPS) is 14.0. The summed E-state index contributed by atoms with van der Waals surface area (Å²) in [6, 6.07) is 18.3. The molecule has 1 aliphatic carbocycles. The number of nitriles is 2. The smallest absolute Gasteiger partial charge is 0.229 e. The van der Waals surface area contributed by atoms with Crippen molar-refractivity contribution in [1.82, 2.24) is 14.5 Å². The Morgan fingerprint density at radius 3 is 2.35 bits per heavy atom. The van der Waals surface area contributed by atoms with Crippen LogP contribution in [0.1, 0.15) is 61.8 Å². The quantitative estimate of drug-likeness (QED) is 0.370. The van der Waals surface area contributed by atoms with Crippen molar-refractivity contribution in [2.24, 2.45) is 0 Å². The van der Waals surface area contributed by atoms with Crippen LogP contribution in [0.2, 0.25) is 0 Å². The number of nitrogens with one attached hydrogen (secondary N) is 1. The lowest BCUT2D eigenvalue weighted by Gasteiger charge is -2.23. The molecule has 0 unspecified atom stereocenters. The number of anilines is 2. The second-order valence-corrected chi connectivity index (χ2v) is 8.87. The van der Waals surface area contributed by atoms with E-state index in [-0.39, 0.29) is 0 Å². The van der Waals surface area contributed by atoms with Gasteiger partial charge < -0.3 is 9.88 Å². The third-order valence-corrected chi connectivity index (χ3v) is 6.66. The van der Waals surface area contributed by atoms with E-state index in [0.717, 1.165) is 35.9 Å². The van der Waals surface area contributed by atoms with Gasteiger partial charge in [0.2, 0.25) is 5.95 Å². The number of hydrogen-bond acceptors (Lipinski definition) is 5. The fraction of sp³-hybridized carbons (Fsp3) is 0.286. The van der Waals surface area contributed by atoms with Crippen LogP contribution in [0, 0.1) is 22.7 Å². The SMILES string of the molecule is CCc1ccc(-c2cn(C3CCCCC3)c3nc(Nc4cc(C#N)cc(C#N)c4)ncc23)cc1. The van der Waals surface area contributed by atoms with Crippen LogP contribution >= 0.6 is 0 Å². The summed E-state index contributed by atoms with van der Waals surface area (Å²) in [6.07, 6.45) is 11.2. The summed E-state index contributed by atoms with van der Waals surface area (Å²) in [5.41, 5.74) is 6.02. The standard InChI is InChI=1S/C28H26N6/c1-2-19-8-10-22(11-9-19)26-18-34(24-6-4-3-5-7-24)27-25(26)17-31-28(33-27)32-23-13-20(15-29)12-21(14-23)16-30/h8-14,17-18,24H,2-7H2,1H3,(H,31,32,33). The van der Waals surface area contributed by atoms with Crippen LogP contribution in [0.5, 0.6) is 0 Å². The second kappa shape index (κ2) is 9.37. The Bertz CT molecular complexity index is 1380. The molecule has 0 saturated heterocycles. The zero-order valence-corrected chi connectivity index (χ0v) is 19.3. The molecular weight excluding hydrogens is 420 g/mol. The van der Waals surface area contributed by atoms with Gasteiger partial charge in [-0.25, -0.2) is 4.98 Å². The highest BCUT2D eigenvalue weighted by Crippen LogP contribution is 2.36. The van der Waals surface area contributed by atoms with E-state index in [1.54, 1.807) is 18.2 Å². The van der Waals surface area contributed by atoms with Gasteiger partial charge in [0.15, 0.2) is 0 Å². The third kappa shape index (κ3) is 4.23. The number of aromatic nitrogens is 3. The van der Waals surface area contributed by atoms with E-state index >= 15 is 0 Å². The van der Waals surface area contributed by atoms with Crippen LogP contribution in [0.15, 0.2) is 54.9 Å². The van der Waals surface area contributed by atoms with Crippen molar-refractivity contribution in [1.29, 1.82) is 10.5 Å². The molecule has 1 aliphatic rings. The van der Waals surface area contributed by atoms with E-state index in [0.29, 0.717) is 28.8 Å². The largest absolute Gasteiger partial charge is 0.329 e. The van der Waals surface area contributed by atoms with Gasteiger partial charge in [-0.05, 0) is 48.6 Å². The van der Waals surface area contributed by atoms with Crippen molar-refractivity contribution in [3.8, 4) is 23.3 Å². The molecule has 2 heterocycles. The molecule has 0 amide bonds. The molecule has 0 spiro atoms. The van der Waals surface area contributed by atoms with Gasteiger partial charge in [-0.3, -0.25) is 0 Å². The van der Waals surface area contributed by atoms with Crippen LogP contribution in [0.25, 0.3) is 22.2 Å². The highest BCUT2D eigenvalue weighted by atomic mass is 15.2. The topological polar surface area (TPSA) is 90.3 Å². The van der Waals surface area contributed by atoms with E-state index in [1.807, 2.05) is 6.20 Å². The molecule has 0 radical (unpaired) electrons. The lowest BCUT2D eigenvalue weighted by molar-refractivity contribution is 0.360. The van der Waals surface area contributed by atoms with Gasteiger partial charge in [0.05, 0.1) is 23.3 Å². The summed E-state index contributed by atoms with van der Waals surface area (Å²) in [7, 11) is 0. The summed E-state index contributed by atoms with van der Waals surface area (Å²) in [5.74, 6) is 0.453. The predicted molar refractivity (Wildman–Crippen MR) is 134 cm³/mol. The van der Waals surface area contributed by atoms with Gasteiger partial charge in [0.1, 0.15) is 5.65 Å². The van der Waals surface area contributed by atoms with Crippen LogP contribution in [-0.4, -0.2) is 14.5 Å². The highest BCUT2D eigenvalue weighted by Gasteiger charge is 2.21. The number of aryl methyl sites for hydroxylation is 1. The summed E-state index contributed by atoms with van der Waals surface area (Å²) in [6.45, 7) is 2.16. The first-order valence-corrected chi connectivity index (χ1v) is 11.9. The minimum atomic E-state index is 0.422. The van der Waals surface area contributed by atoms with Crippen molar-refractivity contribution in [2.45, 2.75) is 51.5 Å². The lowest BCUT2D eigenvalue weighted by Crippen LogP contribution is -2.12. The summed E-state index contributed by atoms with van der Waals surface area (Å²) in [4.78, 5) is 9.50. The Kier molecular flexibility index (Phi) is 5.97. The van der Waals surface area contributed by atoms with Crippen molar-refractivity contribution in [3.63, 3.8) is 0 Å². The van der Waals surface area contributed by atoms with E-state index in [4.69, 9.17) is 4.98 Å². The fourth-order valence-electron chi connectivity index (χ4n) is 4.84. The number of hydrogen-bond donors (Lipinski definition) is 1. The molecule has 1 saturated carbocycles. The first kappa shape index (κ1) is 21.7. The molecule has 6 nitrogen and oxygen atoms in total. The predicted octanol–water partition coefficient (Wildman–Crippen LogP) is 6.65. The van der Waals surface area contributed by atoms with Crippen LogP contribution < -0.4 is 5.32 Å². The molecule has 34 heavy (non-hydrogen) atoms. The molecule has 2 aromatic carbocycles. The molecule has 168 valence electrons. The van der Waals surface area contributed by atoms with Gasteiger partial charge in [0.25, 0.3) is 0 Å². The number of fused-ring (bicyclic) bond motifs is 1. The molecule has 1 fully saturated rings. The molecule has 0 atom stereocenters. The Hall–Kier alpha value is -4.16. The average molecular weight is 447 g/mol. The van der Waals surface area contributed by atoms with Gasteiger partial charge in [-0.2, -0.15) is 15.5 Å². The average Bonchev–Trinajstić information content (AvgIpc) is 3.27. The monoisotopic (exact) mass is 446 g/mol. The van der Waals surface area contributed by atoms with Gasteiger partial charge in [-0.1, -0.05) is 50.5 Å². The van der Waals surface area contributed by atoms with E-state index in [1.165, 1.54) is 30.4 Å². The molecular formula is C28H26N6. The maximum absolute atomic E-state index is 9.29. The zero-order chi connectivity index (χ0) is 23.5. The van der Waals surface area contributed by atoms with E-state index < -0.39 is 0 Å².